The van der Waals surface area contributed by atoms with Gasteiger partial charge in [0.2, 0.25) is 0 Å². The fraction of sp³-hybridized carbons (Fsp3) is 0.875. The first kappa shape index (κ1) is 14.7. The molecule has 118 valence electrons. The van der Waals surface area contributed by atoms with E-state index in [0.29, 0.717) is 25.3 Å². The maximum Gasteiger partial charge on any atom is 0.317 e. The first-order valence-electron chi connectivity index (χ1n) is 8.33. The van der Waals surface area contributed by atoms with Crippen LogP contribution in [0.2, 0.25) is 0 Å². The maximum atomic E-state index is 12.3. The molecule has 1 aliphatic heterocycles. The molecule has 1 saturated heterocycles. The second-order valence-electron chi connectivity index (χ2n) is 7.13. The Balaban J connectivity index is 1.47. The Labute approximate surface area is 126 Å². The SMILES string of the molecule is CC1CC(C(=O)O)CCN1C(=O)NCC(C1CC1)C1CC1. The summed E-state index contributed by atoms with van der Waals surface area (Å²) in [5, 5.41) is 12.2. The van der Waals surface area contributed by atoms with Crippen LogP contribution in [0.25, 0.3) is 0 Å². The molecule has 2 saturated carbocycles. The quantitative estimate of drug-likeness (QED) is 0.817. The molecular formula is C16H26N2O3. The minimum absolute atomic E-state index is 0.00219. The molecule has 2 aliphatic carbocycles. The fourth-order valence-corrected chi connectivity index (χ4v) is 3.77. The van der Waals surface area contributed by atoms with E-state index in [9.17, 15) is 9.59 Å². The normalized spacial score (nSPS) is 29.5. The molecule has 2 atom stereocenters. The molecule has 3 aliphatic rings. The van der Waals surface area contributed by atoms with E-state index in [0.717, 1.165) is 18.4 Å². The number of hydrogen-bond acceptors (Lipinski definition) is 2. The molecule has 0 aromatic carbocycles. The largest absolute Gasteiger partial charge is 0.481 e. The highest BCUT2D eigenvalue weighted by Crippen LogP contribution is 2.48. The number of hydrogen-bond donors (Lipinski definition) is 2. The lowest BCUT2D eigenvalue weighted by Gasteiger charge is -2.36. The Kier molecular flexibility index (Phi) is 4.09. The highest BCUT2D eigenvalue weighted by atomic mass is 16.4. The van der Waals surface area contributed by atoms with Gasteiger partial charge in [-0.25, -0.2) is 4.79 Å². The van der Waals surface area contributed by atoms with Gasteiger partial charge in [0.25, 0.3) is 0 Å². The van der Waals surface area contributed by atoms with Crippen LogP contribution in [0.15, 0.2) is 0 Å². The van der Waals surface area contributed by atoms with Gasteiger partial charge in [0, 0.05) is 19.1 Å². The van der Waals surface area contributed by atoms with Crippen molar-refractivity contribution >= 4 is 12.0 Å². The van der Waals surface area contributed by atoms with Crippen LogP contribution in [0.3, 0.4) is 0 Å². The van der Waals surface area contributed by atoms with Crippen molar-refractivity contribution in [2.75, 3.05) is 13.1 Å². The van der Waals surface area contributed by atoms with Gasteiger partial charge in [-0.1, -0.05) is 0 Å². The second-order valence-corrected chi connectivity index (χ2v) is 7.13. The number of nitrogens with zero attached hydrogens (tertiary/aromatic N) is 1. The monoisotopic (exact) mass is 294 g/mol. The maximum absolute atomic E-state index is 12.3. The molecule has 0 aromatic heterocycles. The summed E-state index contributed by atoms with van der Waals surface area (Å²) in [4.78, 5) is 25.2. The minimum Gasteiger partial charge on any atom is -0.481 e. The van der Waals surface area contributed by atoms with E-state index in [1.165, 1.54) is 25.7 Å². The molecule has 1 heterocycles. The number of urea groups is 1. The van der Waals surface area contributed by atoms with Crippen LogP contribution >= 0.6 is 0 Å². The van der Waals surface area contributed by atoms with Gasteiger partial charge in [0.15, 0.2) is 0 Å². The van der Waals surface area contributed by atoms with Gasteiger partial charge in [-0.05, 0) is 63.2 Å². The summed E-state index contributed by atoms with van der Waals surface area (Å²) in [5.74, 6) is 1.33. The number of likely N-dealkylation sites (tertiary alicyclic amines) is 1. The molecule has 0 spiro atoms. The molecule has 0 bridgehead atoms. The van der Waals surface area contributed by atoms with Crippen molar-refractivity contribution in [1.29, 1.82) is 0 Å². The van der Waals surface area contributed by atoms with Crippen LogP contribution in [0, 0.1) is 23.7 Å². The highest BCUT2D eigenvalue weighted by Gasteiger charge is 2.41. The number of carbonyl (C=O) groups excluding carboxylic acids is 1. The molecule has 3 fully saturated rings. The molecule has 0 radical (unpaired) electrons. The van der Waals surface area contributed by atoms with Gasteiger partial charge in [-0.2, -0.15) is 0 Å². The Hall–Kier alpha value is -1.26. The van der Waals surface area contributed by atoms with Crippen molar-refractivity contribution in [3.05, 3.63) is 0 Å². The van der Waals surface area contributed by atoms with E-state index in [4.69, 9.17) is 5.11 Å². The molecule has 2 amide bonds. The van der Waals surface area contributed by atoms with E-state index >= 15 is 0 Å². The number of carboxylic acid groups (broad SMARTS) is 1. The second kappa shape index (κ2) is 5.85. The zero-order chi connectivity index (χ0) is 15.0. The summed E-state index contributed by atoms with van der Waals surface area (Å²) >= 11 is 0. The van der Waals surface area contributed by atoms with Crippen molar-refractivity contribution in [1.82, 2.24) is 10.2 Å². The third-order valence-electron chi connectivity index (χ3n) is 5.43. The molecule has 5 nitrogen and oxygen atoms in total. The Morgan fingerprint density at radius 3 is 2.29 bits per heavy atom. The lowest BCUT2D eigenvalue weighted by atomic mass is 9.92. The Bertz CT molecular complexity index is 406. The molecule has 21 heavy (non-hydrogen) atoms. The van der Waals surface area contributed by atoms with Crippen molar-refractivity contribution in [2.24, 2.45) is 23.7 Å². The number of carboxylic acids is 1. The van der Waals surface area contributed by atoms with Crippen LogP contribution in [0.5, 0.6) is 0 Å². The van der Waals surface area contributed by atoms with Crippen LogP contribution in [-0.2, 0) is 4.79 Å². The van der Waals surface area contributed by atoms with Gasteiger partial charge < -0.3 is 15.3 Å². The minimum atomic E-state index is -0.732. The van der Waals surface area contributed by atoms with E-state index < -0.39 is 5.97 Å². The molecular weight excluding hydrogens is 268 g/mol. The standard InChI is InChI=1S/C16H26N2O3/c1-10-8-13(15(19)20)6-7-18(10)16(21)17-9-14(11-2-3-11)12-4-5-12/h10-14H,2-9H2,1H3,(H,17,21)(H,19,20). The number of aliphatic carboxylic acids is 1. The van der Waals surface area contributed by atoms with Crippen LogP contribution in [0.4, 0.5) is 4.79 Å². The Morgan fingerprint density at radius 2 is 1.81 bits per heavy atom. The van der Waals surface area contributed by atoms with Crippen molar-refractivity contribution in [3.63, 3.8) is 0 Å². The highest BCUT2D eigenvalue weighted by molar-refractivity contribution is 5.75. The predicted octanol–water partition coefficient (Wildman–Crippen LogP) is 2.32. The number of carbonyl (C=O) groups is 2. The van der Waals surface area contributed by atoms with E-state index in [1.807, 2.05) is 11.8 Å². The number of piperidine rings is 1. The van der Waals surface area contributed by atoms with Crippen LogP contribution in [-0.4, -0.2) is 41.1 Å². The molecule has 5 heteroatoms. The van der Waals surface area contributed by atoms with Crippen LogP contribution < -0.4 is 5.32 Å². The van der Waals surface area contributed by atoms with E-state index in [2.05, 4.69) is 5.32 Å². The van der Waals surface area contributed by atoms with Crippen molar-refractivity contribution in [2.45, 2.75) is 51.5 Å². The fourth-order valence-electron chi connectivity index (χ4n) is 3.77. The molecule has 3 rings (SSSR count). The predicted molar refractivity (Wildman–Crippen MR) is 78.9 cm³/mol. The zero-order valence-electron chi connectivity index (χ0n) is 12.8. The third-order valence-corrected chi connectivity index (χ3v) is 5.43. The molecule has 2 unspecified atom stereocenters. The Morgan fingerprint density at radius 1 is 1.19 bits per heavy atom. The average molecular weight is 294 g/mol. The van der Waals surface area contributed by atoms with Crippen molar-refractivity contribution < 1.29 is 14.7 Å². The smallest absolute Gasteiger partial charge is 0.317 e. The summed E-state index contributed by atoms with van der Waals surface area (Å²) in [6.45, 7) is 3.31. The van der Waals surface area contributed by atoms with Gasteiger partial charge in [0.1, 0.15) is 0 Å². The summed E-state index contributed by atoms with van der Waals surface area (Å²) < 4.78 is 0. The lowest BCUT2D eigenvalue weighted by Crippen LogP contribution is -2.51. The zero-order valence-corrected chi connectivity index (χ0v) is 12.8. The lowest BCUT2D eigenvalue weighted by molar-refractivity contribution is -0.143. The first-order chi connectivity index (χ1) is 10.1. The third kappa shape index (κ3) is 3.50. The number of rotatable bonds is 5. The summed E-state index contributed by atoms with van der Waals surface area (Å²) in [5.41, 5.74) is 0. The van der Waals surface area contributed by atoms with Gasteiger partial charge in [0.05, 0.1) is 5.92 Å². The van der Waals surface area contributed by atoms with E-state index in [-0.39, 0.29) is 18.0 Å². The topological polar surface area (TPSA) is 69.6 Å². The number of nitrogens with one attached hydrogen (secondary N) is 1. The van der Waals surface area contributed by atoms with Crippen LogP contribution in [0.1, 0.15) is 45.4 Å². The molecule has 2 N–H and O–H groups in total. The molecule has 0 aromatic rings. The van der Waals surface area contributed by atoms with Crippen molar-refractivity contribution in [3.8, 4) is 0 Å². The average Bonchev–Trinajstić information content (AvgIpc) is 3.32. The number of amides is 2. The van der Waals surface area contributed by atoms with Gasteiger partial charge >= 0.3 is 12.0 Å². The summed E-state index contributed by atoms with van der Waals surface area (Å²) in [7, 11) is 0. The first-order valence-corrected chi connectivity index (χ1v) is 8.33. The summed E-state index contributed by atoms with van der Waals surface area (Å²) in [6, 6.07) is 0.0118. The summed E-state index contributed by atoms with van der Waals surface area (Å²) in [6.07, 6.45) is 6.46. The van der Waals surface area contributed by atoms with E-state index in [1.54, 1.807) is 0 Å². The van der Waals surface area contributed by atoms with Gasteiger partial charge in [-0.15, -0.1) is 0 Å². The van der Waals surface area contributed by atoms with Gasteiger partial charge in [-0.3, -0.25) is 4.79 Å².